The van der Waals surface area contributed by atoms with Crippen molar-refractivity contribution in [1.29, 1.82) is 0 Å². The highest BCUT2D eigenvalue weighted by Gasteiger charge is 2.31. The molecule has 1 saturated carbocycles. The Morgan fingerprint density at radius 1 is 0.719 bits per heavy atom. The molecule has 0 heterocycles. The van der Waals surface area contributed by atoms with Gasteiger partial charge in [0.05, 0.1) is 84.7 Å². The van der Waals surface area contributed by atoms with Gasteiger partial charge in [0, 0.05) is 38.8 Å². The van der Waals surface area contributed by atoms with Crippen LogP contribution in [0, 0.1) is 5.92 Å². The van der Waals surface area contributed by atoms with Gasteiger partial charge in [0.2, 0.25) is 23.6 Å². The minimum Gasteiger partial charge on any atom is -0.377 e. The van der Waals surface area contributed by atoms with E-state index in [1.165, 1.54) is 16.3 Å². The van der Waals surface area contributed by atoms with Gasteiger partial charge in [-0.2, -0.15) is 0 Å². The van der Waals surface area contributed by atoms with Gasteiger partial charge in [-0.15, -0.1) is 0 Å². The van der Waals surface area contributed by atoms with Crippen LogP contribution in [0.1, 0.15) is 36.8 Å². The number of carbonyl (C=O) groups excluding carboxylic acids is 4. The zero-order chi connectivity index (χ0) is 41.7. The summed E-state index contributed by atoms with van der Waals surface area (Å²) in [4.78, 5) is 68.0. The van der Waals surface area contributed by atoms with Gasteiger partial charge in [-0.1, -0.05) is 35.6 Å². The van der Waals surface area contributed by atoms with E-state index in [4.69, 9.17) is 36.4 Å². The number of amides is 4. The van der Waals surface area contributed by atoms with Crippen molar-refractivity contribution in [1.82, 2.24) is 26.2 Å². The summed E-state index contributed by atoms with van der Waals surface area (Å²) in [6.45, 7) is 1.11. The monoisotopic (exact) mass is 850 g/mol. The highest BCUT2D eigenvalue weighted by molar-refractivity contribution is 8.56. The van der Waals surface area contributed by atoms with E-state index in [2.05, 4.69) is 35.8 Å². The van der Waals surface area contributed by atoms with Crippen LogP contribution in [-0.4, -0.2) is 146 Å². The Bertz CT molecular complexity index is 1320. The predicted molar refractivity (Wildman–Crippen MR) is 213 cm³/mol. The van der Waals surface area contributed by atoms with Gasteiger partial charge in [-0.25, -0.2) is 17.7 Å². The Morgan fingerprint density at radius 3 is 1.67 bits per heavy atom. The first-order valence-electron chi connectivity index (χ1n) is 18.9. The lowest BCUT2D eigenvalue weighted by Gasteiger charge is -2.30. The molecule has 22 heteroatoms. The summed E-state index contributed by atoms with van der Waals surface area (Å²) in [5.41, 5.74) is 1.61. The number of nitrogens with zero attached hydrogens (tertiary/aromatic N) is 1. The minimum atomic E-state index is -2.68. The second-order valence-electron chi connectivity index (χ2n) is 13.1. The fourth-order valence-electron chi connectivity index (χ4n) is 5.76. The van der Waals surface area contributed by atoms with Crippen molar-refractivity contribution in [3.63, 3.8) is 0 Å². The normalized spacial score (nSPS) is 17.1. The molecule has 0 saturated heterocycles. The highest BCUT2D eigenvalue weighted by atomic mass is 32.7. The van der Waals surface area contributed by atoms with Crippen LogP contribution in [0.4, 0.5) is 0 Å². The molecule has 1 aromatic rings. The fraction of sp³-hybridized carbons (Fsp3) is 0.714. The van der Waals surface area contributed by atoms with Crippen LogP contribution in [0.2, 0.25) is 0 Å². The number of hydrogen-bond donors (Lipinski definition) is 7. The van der Waals surface area contributed by atoms with E-state index in [1.54, 1.807) is 12.9 Å². The Morgan fingerprint density at radius 2 is 1.19 bits per heavy atom. The van der Waals surface area contributed by atoms with E-state index in [0.717, 1.165) is 11.1 Å². The molecule has 10 N–H and O–H groups in total. The summed E-state index contributed by atoms with van der Waals surface area (Å²) in [6.07, 6.45) is 4.48. The van der Waals surface area contributed by atoms with E-state index in [9.17, 15) is 23.7 Å². The summed E-state index contributed by atoms with van der Waals surface area (Å²) < 4.78 is 34.3. The summed E-state index contributed by atoms with van der Waals surface area (Å²) >= 11 is 1.23. The molecule has 1 aliphatic rings. The third kappa shape index (κ3) is 22.8. The Kier molecular flexibility index (Phi) is 26.8. The molecule has 1 fully saturated rings. The Hall–Kier alpha value is -2.76. The van der Waals surface area contributed by atoms with Crippen molar-refractivity contribution >= 4 is 41.6 Å². The second kappa shape index (κ2) is 30.3. The smallest absolute Gasteiger partial charge is 0.254 e. The first-order chi connectivity index (χ1) is 27.5. The lowest BCUT2D eigenvalue weighted by molar-refractivity contribution is -0.132. The SMILES string of the molecule is CSP(C)(=O)OC1CCC(C(=O)NCc2ccc(C[C@@H](C(=O)NCCOCCON)N(CC(=O)NCCOCCON)CC(=O)NCCOCCON)cc2)CC1. The molecule has 326 valence electrons. The highest BCUT2D eigenvalue weighted by Crippen LogP contribution is 2.56. The molecular weight excluding hydrogens is 787 g/mol. The number of rotatable bonds is 32. The maximum Gasteiger partial charge on any atom is 0.254 e. The van der Waals surface area contributed by atoms with E-state index < -0.39 is 30.3 Å². The number of nitrogens with two attached hydrogens (primary N) is 3. The molecular formula is C35H63N8O12PS. The number of nitrogens with one attached hydrogen (secondary N) is 4. The van der Waals surface area contributed by atoms with Crippen LogP contribution >= 0.6 is 18.0 Å². The van der Waals surface area contributed by atoms with Crippen LogP contribution in [0.25, 0.3) is 0 Å². The number of ether oxygens (including phenoxy) is 3. The molecule has 1 aromatic carbocycles. The first kappa shape index (κ1) is 50.4. The van der Waals surface area contributed by atoms with Crippen molar-refractivity contribution in [3.05, 3.63) is 35.4 Å². The van der Waals surface area contributed by atoms with Gasteiger partial charge in [-0.05, 0) is 49.5 Å². The number of benzene rings is 1. The quantitative estimate of drug-likeness (QED) is 0.0269. The predicted octanol–water partition coefficient (Wildman–Crippen LogP) is -0.654. The standard InChI is InChI=1S/C35H63N8O12PS/c1-56(48,57-2)55-30-9-7-29(8-10-30)34(46)42-24-28-5-3-27(4-6-28)23-31(35(47)41-13-16-51-19-22-54-38)43(25-32(44)39-11-14-49-17-20-52-36)26-33(45)40-12-15-50-18-21-53-37/h3-6,29-31H,7-26,36-38H2,1-2H3,(H,39,44)(H,40,45)(H,41,47)(H,42,46)/t29?,30?,31-,56?/m0/s1. The van der Waals surface area contributed by atoms with Crippen molar-refractivity contribution in [2.24, 2.45) is 23.6 Å². The van der Waals surface area contributed by atoms with E-state index in [-0.39, 0.29) is 117 Å². The second-order valence-corrected chi connectivity index (χ2v) is 18.3. The first-order valence-corrected chi connectivity index (χ1v) is 22.8. The summed E-state index contributed by atoms with van der Waals surface area (Å²) in [7, 11) is 0. The summed E-state index contributed by atoms with van der Waals surface area (Å²) in [5.74, 6) is 13.6. The van der Waals surface area contributed by atoms with Gasteiger partial charge in [0.1, 0.15) is 0 Å². The number of carbonyl (C=O) groups is 4. The summed E-state index contributed by atoms with van der Waals surface area (Å²) in [5, 5.41) is 11.4. The summed E-state index contributed by atoms with van der Waals surface area (Å²) in [6, 6.07) is 6.46. The molecule has 0 aromatic heterocycles. The maximum atomic E-state index is 13.8. The largest absolute Gasteiger partial charge is 0.377 e. The average Bonchev–Trinajstić information content (AvgIpc) is 3.20. The molecule has 4 amide bonds. The van der Waals surface area contributed by atoms with Crippen molar-refractivity contribution < 1.29 is 57.0 Å². The fourth-order valence-corrected chi connectivity index (χ4v) is 7.22. The third-order valence-corrected chi connectivity index (χ3v) is 12.4. The third-order valence-electron chi connectivity index (χ3n) is 8.79. The van der Waals surface area contributed by atoms with E-state index in [0.29, 0.717) is 32.2 Å². The minimum absolute atomic E-state index is 0.0437. The molecule has 2 rings (SSSR count). The van der Waals surface area contributed by atoms with Crippen LogP contribution in [-0.2, 0) is 70.0 Å². The van der Waals surface area contributed by atoms with E-state index in [1.807, 2.05) is 24.3 Å². The molecule has 0 radical (unpaired) electrons. The lowest BCUT2D eigenvalue weighted by Crippen LogP contribution is -2.54. The van der Waals surface area contributed by atoms with Crippen LogP contribution < -0.4 is 39.0 Å². The van der Waals surface area contributed by atoms with Crippen LogP contribution in [0.3, 0.4) is 0 Å². The molecule has 2 atom stereocenters. The van der Waals surface area contributed by atoms with Crippen LogP contribution in [0.15, 0.2) is 24.3 Å². The zero-order valence-electron chi connectivity index (χ0n) is 33.1. The molecule has 1 aliphatic carbocycles. The topological polar surface area (TPSA) is 279 Å². The van der Waals surface area contributed by atoms with E-state index >= 15 is 0 Å². The molecule has 1 unspecified atom stereocenters. The Labute approximate surface area is 339 Å². The van der Waals surface area contributed by atoms with Gasteiger partial charge < -0.3 is 54.5 Å². The maximum absolute atomic E-state index is 13.8. The number of hydrogen-bond acceptors (Lipinski definition) is 17. The van der Waals surface area contributed by atoms with Gasteiger partial charge in [-0.3, -0.25) is 28.6 Å². The lowest BCUT2D eigenvalue weighted by atomic mass is 9.87. The van der Waals surface area contributed by atoms with Gasteiger partial charge >= 0.3 is 0 Å². The average molecular weight is 851 g/mol. The molecule has 0 spiro atoms. The van der Waals surface area contributed by atoms with Crippen molar-refractivity contribution in [2.75, 3.05) is 105 Å². The van der Waals surface area contributed by atoms with Gasteiger partial charge in [0.25, 0.3) is 6.57 Å². The molecule has 0 bridgehead atoms. The zero-order valence-corrected chi connectivity index (χ0v) is 34.8. The molecule has 57 heavy (non-hydrogen) atoms. The Balaban J connectivity index is 2.13. The van der Waals surface area contributed by atoms with Crippen LogP contribution in [0.5, 0.6) is 0 Å². The van der Waals surface area contributed by atoms with Crippen molar-refractivity contribution in [3.8, 4) is 0 Å². The van der Waals surface area contributed by atoms with Gasteiger partial charge in [0.15, 0.2) is 0 Å². The molecule has 0 aliphatic heterocycles. The molecule has 20 nitrogen and oxygen atoms in total. The van der Waals surface area contributed by atoms with Crippen molar-refractivity contribution in [2.45, 2.75) is 50.8 Å².